The van der Waals surface area contributed by atoms with Crippen molar-refractivity contribution in [3.05, 3.63) is 28.8 Å². The molecular formula is C13H11ClN2O4. The molecule has 7 heteroatoms. The van der Waals surface area contributed by atoms with Crippen LogP contribution in [0.2, 0.25) is 5.02 Å². The Morgan fingerprint density at radius 1 is 1.55 bits per heavy atom. The molecule has 0 radical (unpaired) electrons. The summed E-state index contributed by atoms with van der Waals surface area (Å²) in [5, 5.41) is 9.03. The number of carbonyl (C=O) groups is 2. The van der Waals surface area contributed by atoms with Crippen LogP contribution in [-0.2, 0) is 14.3 Å². The van der Waals surface area contributed by atoms with E-state index in [1.165, 1.54) is 30.2 Å². The van der Waals surface area contributed by atoms with Gasteiger partial charge in [-0.1, -0.05) is 11.6 Å². The molecule has 20 heavy (non-hydrogen) atoms. The van der Waals surface area contributed by atoms with Crippen LogP contribution in [-0.4, -0.2) is 31.3 Å². The van der Waals surface area contributed by atoms with Gasteiger partial charge in [0.1, 0.15) is 12.2 Å². The molecule has 0 bridgehead atoms. The quantitative estimate of drug-likeness (QED) is 0.780. The lowest BCUT2D eigenvalue weighted by Gasteiger charge is -2.21. The van der Waals surface area contributed by atoms with Crippen LogP contribution >= 0.6 is 11.6 Å². The first-order valence-corrected chi connectivity index (χ1v) is 6.14. The van der Waals surface area contributed by atoms with Crippen molar-refractivity contribution in [2.24, 2.45) is 0 Å². The zero-order valence-corrected chi connectivity index (χ0v) is 11.5. The van der Waals surface area contributed by atoms with E-state index in [-0.39, 0.29) is 10.6 Å². The van der Waals surface area contributed by atoms with Gasteiger partial charge < -0.3 is 9.47 Å². The van der Waals surface area contributed by atoms with Crippen molar-refractivity contribution in [3.8, 4) is 6.07 Å². The summed E-state index contributed by atoms with van der Waals surface area (Å²) in [6.45, 7) is 1.60. The minimum Gasteiger partial charge on any atom is -0.467 e. The first-order valence-electron chi connectivity index (χ1n) is 5.77. The number of anilines is 1. The maximum absolute atomic E-state index is 11.9. The van der Waals surface area contributed by atoms with E-state index in [0.717, 1.165) is 0 Å². The van der Waals surface area contributed by atoms with Gasteiger partial charge in [-0.15, -0.1) is 0 Å². The Morgan fingerprint density at radius 3 is 2.80 bits per heavy atom. The molecule has 1 amide bonds. The van der Waals surface area contributed by atoms with Crippen LogP contribution < -0.4 is 4.90 Å². The van der Waals surface area contributed by atoms with Gasteiger partial charge in [-0.25, -0.2) is 9.59 Å². The Labute approximate surface area is 120 Å². The fraction of sp³-hybridized carbons (Fsp3) is 0.308. The lowest BCUT2D eigenvalue weighted by atomic mass is 10.1. The lowest BCUT2D eigenvalue weighted by Crippen LogP contribution is -2.43. The number of rotatable bonds is 2. The molecule has 0 aromatic heterocycles. The van der Waals surface area contributed by atoms with E-state index in [4.69, 9.17) is 21.6 Å². The van der Waals surface area contributed by atoms with Gasteiger partial charge in [0.05, 0.1) is 17.7 Å². The van der Waals surface area contributed by atoms with Gasteiger partial charge in [0.25, 0.3) is 0 Å². The molecule has 1 aromatic rings. The van der Waals surface area contributed by atoms with E-state index in [1.54, 1.807) is 6.92 Å². The highest BCUT2D eigenvalue weighted by atomic mass is 35.5. The predicted octanol–water partition coefficient (Wildman–Crippen LogP) is 2.10. The standard InChI is InChI=1S/C13H11ClN2O4/c1-7-11(12(17)19-2)16(13(18)20-7)9-4-3-8(6-15)10(14)5-9/h3-5,7,11H,1-2H3/t7-,11+/m0/s1. The number of amides is 1. The Morgan fingerprint density at radius 2 is 2.25 bits per heavy atom. The van der Waals surface area contributed by atoms with Crippen LogP contribution in [0.4, 0.5) is 10.5 Å². The molecule has 6 nitrogen and oxygen atoms in total. The predicted molar refractivity (Wildman–Crippen MR) is 70.4 cm³/mol. The summed E-state index contributed by atoms with van der Waals surface area (Å²) < 4.78 is 9.72. The van der Waals surface area contributed by atoms with Crippen molar-refractivity contribution in [3.63, 3.8) is 0 Å². The van der Waals surface area contributed by atoms with Crippen molar-refractivity contribution in [1.82, 2.24) is 0 Å². The third-order valence-electron chi connectivity index (χ3n) is 3.00. The summed E-state index contributed by atoms with van der Waals surface area (Å²) in [7, 11) is 1.24. The molecule has 1 heterocycles. The largest absolute Gasteiger partial charge is 0.467 e. The topological polar surface area (TPSA) is 79.6 Å². The number of hydrogen-bond donors (Lipinski definition) is 0. The summed E-state index contributed by atoms with van der Waals surface area (Å²) in [4.78, 5) is 24.8. The monoisotopic (exact) mass is 294 g/mol. The molecule has 1 aliphatic heterocycles. The van der Waals surface area contributed by atoms with Crippen LogP contribution in [0, 0.1) is 11.3 Å². The average molecular weight is 295 g/mol. The third-order valence-corrected chi connectivity index (χ3v) is 3.31. The molecule has 1 aromatic carbocycles. The first kappa shape index (κ1) is 14.2. The maximum atomic E-state index is 11.9. The van der Waals surface area contributed by atoms with Crippen molar-refractivity contribution in [2.75, 3.05) is 12.0 Å². The van der Waals surface area contributed by atoms with Gasteiger partial charge in [0.2, 0.25) is 0 Å². The highest BCUT2D eigenvalue weighted by Gasteiger charge is 2.45. The number of methoxy groups -OCH3 is 1. The lowest BCUT2D eigenvalue weighted by molar-refractivity contribution is -0.143. The van der Waals surface area contributed by atoms with Crippen LogP contribution in [0.25, 0.3) is 0 Å². The number of halogens is 1. The van der Waals surface area contributed by atoms with E-state index in [9.17, 15) is 9.59 Å². The van der Waals surface area contributed by atoms with Crippen molar-refractivity contribution in [1.29, 1.82) is 5.26 Å². The molecule has 1 fully saturated rings. The van der Waals surface area contributed by atoms with Gasteiger partial charge in [0, 0.05) is 5.69 Å². The summed E-state index contributed by atoms with van der Waals surface area (Å²) in [5.74, 6) is -0.580. The summed E-state index contributed by atoms with van der Waals surface area (Å²) >= 11 is 5.94. The minimum absolute atomic E-state index is 0.195. The zero-order valence-electron chi connectivity index (χ0n) is 10.8. The highest BCUT2D eigenvalue weighted by molar-refractivity contribution is 6.32. The Bertz CT molecular complexity index is 611. The van der Waals surface area contributed by atoms with Crippen molar-refractivity contribution >= 4 is 29.4 Å². The summed E-state index contributed by atoms with van der Waals surface area (Å²) in [6.07, 6.45) is -1.29. The molecule has 2 rings (SSSR count). The van der Waals surface area contributed by atoms with Gasteiger partial charge in [-0.3, -0.25) is 4.90 Å². The highest BCUT2D eigenvalue weighted by Crippen LogP contribution is 2.30. The fourth-order valence-electron chi connectivity index (χ4n) is 2.03. The summed E-state index contributed by atoms with van der Waals surface area (Å²) in [5.41, 5.74) is 0.657. The average Bonchev–Trinajstić information content (AvgIpc) is 2.72. The molecule has 1 saturated heterocycles. The van der Waals surface area contributed by atoms with E-state index >= 15 is 0 Å². The first-order chi connectivity index (χ1) is 9.49. The SMILES string of the molecule is COC(=O)[C@H]1[C@H](C)OC(=O)N1c1ccc(C#N)c(Cl)c1. The second-order valence-electron chi connectivity index (χ2n) is 4.20. The molecule has 104 valence electrons. The maximum Gasteiger partial charge on any atom is 0.415 e. The molecule has 0 N–H and O–H groups in total. The second kappa shape index (κ2) is 5.39. The van der Waals surface area contributed by atoms with E-state index in [0.29, 0.717) is 5.69 Å². The van der Waals surface area contributed by atoms with Crippen LogP contribution in [0.3, 0.4) is 0 Å². The third kappa shape index (κ3) is 2.28. The summed E-state index contributed by atoms with van der Waals surface area (Å²) in [6, 6.07) is 5.48. The van der Waals surface area contributed by atoms with Gasteiger partial charge in [-0.2, -0.15) is 5.26 Å². The van der Waals surface area contributed by atoms with Crippen LogP contribution in [0.15, 0.2) is 18.2 Å². The van der Waals surface area contributed by atoms with E-state index in [1.807, 2.05) is 6.07 Å². The number of ether oxygens (including phenoxy) is 2. The molecule has 1 aliphatic rings. The number of hydrogen-bond acceptors (Lipinski definition) is 5. The van der Waals surface area contributed by atoms with Gasteiger partial charge in [-0.05, 0) is 25.1 Å². The fourth-order valence-corrected chi connectivity index (χ4v) is 2.25. The van der Waals surface area contributed by atoms with Crippen molar-refractivity contribution < 1.29 is 19.1 Å². The normalized spacial score (nSPS) is 21.3. The molecule has 2 atom stereocenters. The van der Waals surface area contributed by atoms with E-state index in [2.05, 4.69) is 4.74 Å². The number of nitrogens with zero attached hydrogens (tertiary/aromatic N) is 2. The number of nitriles is 1. The van der Waals surface area contributed by atoms with Crippen LogP contribution in [0.5, 0.6) is 0 Å². The molecule has 0 spiro atoms. The number of esters is 1. The second-order valence-corrected chi connectivity index (χ2v) is 4.61. The van der Waals surface area contributed by atoms with Gasteiger partial charge >= 0.3 is 12.1 Å². The number of carbonyl (C=O) groups excluding carboxylic acids is 2. The van der Waals surface area contributed by atoms with Gasteiger partial charge in [0.15, 0.2) is 6.04 Å². The molecule has 0 aliphatic carbocycles. The Hall–Kier alpha value is -2.26. The van der Waals surface area contributed by atoms with Crippen molar-refractivity contribution in [2.45, 2.75) is 19.1 Å². The Balaban J connectivity index is 2.43. The number of cyclic esters (lactones) is 1. The zero-order chi connectivity index (χ0) is 14.9. The smallest absolute Gasteiger partial charge is 0.415 e. The minimum atomic E-state index is -0.878. The molecular weight excluding hydrogens is 284 g/mol. The Kier molecular flexibility index (Phi) is 3.81. The van der Waals surface area contributed by atoms with E-state index < -0.39 is 24.2 Å². The molecule has 0 saturated carbocycles. The molecule has 0 unspecified atom stereocenters. The van der Waals surface area contributed by atoms with Crippen LogP contribution in [0.1, 0.15) is 12.5 Å². The number of benzene rings is 1.